The van der Waals surface area contributed by atoms with E-state index in [1.54, 1.807) is 15.8 Å². The molecule has 1 fully saturated rings. The highest BCUT2D eigenvalue weighted by Gasteiger charge is 2.23. The summed E-state index contributed by atoms with van der Waals surface area (Å²) in [6.07, 6.45) is 7.85. The Bertz CT molecular complexity index is 1730. The van der Waals surface area contributed by atoms with Crippen molar-refractivity contribution < 1.29 is 14.3 Å². The van der Waals surface area contributed by atoms with E-state index in [-0.39, 0.29) is 12.0 Å². The summed E-state index contributed by atoms with van der Waals surface area (Å²) in [5.41, 5.74) is 4.65. The Morgan fingerprint density at radius 2 is 1.93 bits per heavy atom. The number of benzene rings is 1. The largest absolute Gasteiger partial charge is 0.474 e. The van der Waals surface area contributed by atoms with Gasteiger partial charge in [0.2, 0.25) is 11.8 Å². The lowest BCUT2D eigenvalue weighted by Gasteiger charge is -2.31. The Hall–Kier alpha value is -5.06. The topological polar surface area (TPSA) is 120 Å². The number of carbonyl (C=O) groups is 1. The molecule has 0 radical (unpaired) electrons. The van der Waals surface area contributed by atoms with E-state index in [4.69, 9.17) is 14.5 Å². The molecule has 11 heteroatoms. The number of fused-ring (bicyclic) bond motifs is 2. The zero-order chi connectivity index (χ0) is 27.6. The Morgan fingerprint density at radius 3 is 2.73 bits per heavy atom. The fraction of sp³-hybridized carbons (Fsp3) is 0.241. The summed E-state index contributed by atoms with van der Waals surface area (Å²) >= 11 is 0. The predicted octanol–water partition coefficient (Wildman–Crippen LogP) is 4.71. The second-order valence-electron chi connectivity index (χ2n) is 9.67. The van der Waals surface area contributed by atoms with Crippen LogP contribution in [0.25, 0.3) is 22.1 Å². The maximum atomic E-state index is 11.9. The molecule has 1 aliphatic rings. The summed E-state index contributed by atoms with van der Waals surface area (Å²) in [7, 11) is 1.86. The van der Waals surface area contributed by atoms with Crippen molar-refractivity contribution in [1.29, 1.82) is 0 Å². The Labute approximate surface area is 230 Å². The molecule has 0 spiro atoms. The monoisotopic (exact) mass is 536 g/mol. The van der Waals surface area contributed by atoms with Gasteiger partial charge in [0.1, 0.15) is 40.5 Å². The van der Waals surface area contributed by atoms with Crippen molar-refractivity contribution in [3.63, 3.8) is 0 Å². The lowest BCUT2D eigenvalue weighted by molar-refractivity contribution is -0.127. The number of ether oxygens (including phenoxy) is 2. The molecule has 5 aromatic rings. The number of hydrogen-bond donors (Lipinski definition) is 1. The molecule has 0 saturated carbocycles. The molecule has 1 aromatic carbocycles. The molecule has 4 aromatic heterocycles. The molecule has 1 saturated heterocycles. The SMILES string of the molecule is C=CC(=O)N1CCC(Oc2ccc3ncnc(Nc4ccc(Oc5cnc6cn(C)nc6c5)c(C)c4)c3n2)CC1. The van der Waals surface area contributed by atoms with E-state index in [9.17, 15) is 4.79 Å². The van der Waals surface area contributed by atoms with Gasteiger partial charge in [-0.25, -0.2) is 19.9 Å². The van der Waals surface area contributed by atoms with Crippen molar-refractivity contribution >= 4 is 39.5 Å². The highest BCUT2D eigenvalue weighted by molar-refractivity contribution is 5.88. The molecule has 202 valence electrons. The van der Waals surface area contributed by atoms with Crippen LogP contribution in [0.3, 0.4) is 0 Å². The number of amides is 1. The average molecular weight is 537 g/mol. The third kappa shape index (κ3) is 5.26. The quantitative estimate of drug-likeness (QED) is 0.295. The van der Waals surface area contributed by atoms with Crippen molar-refractivity contribution in [1.82, 2.24) is 34.6 Å². The molecule has 0 atom stereocenters. The summed E-state index contributed by atoms with van der Waals surface area (Å²) in [6, 6.07) is 11.4. The first-order valence-electron chi connectivity index (χ1n) is 13.0. The summed E-state index contributed by atoms with van der Waals surface area (Å²) < 4.78 is 14.0. The van der Waals surface area contributed by atoms with Crippen LogP contribution in [0.15, 0.2) is 67.8 Å². The van der Waals surface area contributed by atoms with Gasteiger partial charge in [-0.05, 0) is 42.8 Å². The fourth-order valence-electron chi connectivity index (χ4n) is 4.74. The minimum absolute atomic E-state index is 0.0244. The van der Waals surface area contributed by atoms with Gasteiger partial charge in [-0.1, -0.05) is 6.58 Å². The number of nitrogens with zero attached hydrogens (tertiary/aromatic N) is 7. The Morgan fingerprint density at radius 1 is 1.07 bits per heavy atom. The van der Waals surface area contributed by atoms with Crippen molar-refractivity contribution in [2.45, 2.75) is 25.9 Å². The third-order valence-electron chi connectivity index (χ3n) is 6.78. The first kappa shape index (κ1) is 25.2. The Balaban J connectivity index is 1.17. The number of aromatic nitrogens is 6. The number of carbonyl (C=O) groups excluding carboxylic acids is 1. The predicted molar refractivity (Wildman–Crippen MR) is 151 cm³/mol. The van der Waals surface area contributed by atoms with Gasteiger partial charge in [-0.2, -0.15) is 5.10 Å². The van der Waals surface area contributed by atoms with Gasteiger partial charge in [0.05, 0.1) is 17.9 Å². The number of likely N-dealkylation sites (tertiary alicyclic amines) is 1. The van der Waals surface area contributed by atoms with Gasteiger partial charge in [0.25, 0.3) is 0 Å². The molecular formula is C29H28N8O3. The van der Waals surface area contributed by atoms with E-state index in [2.05, 4.69) is 31.9 Å². The van der Waals surface area contributed by atoms with E-state index in [1.165, 1.54) is 12.4 Å². The van der Waals surface area contributed by atoms with Crippen LogP contribution in [-0.2, 0) is 11.8 Å². The van der Waals surface area contributed by atoms with Crippen molar-refractivity contribution in [3.8, 4) is 17.4 Å². The van der Waals surface area contributed by atoms with Crippen LogP contribution in [0, 0.1) is 6.92 Å². The second-order valence-corrected chi connectivity index (χ2v) is 9.67. The molecule has 1 aliphatic heterocycles. The molecule has 1 amide bonds. The standard InChI is InChI=1S/C29H28N8O3/c1-4-27(38)37-11-9-20(10-12-37)40-26-8-6-22-28(34-26)29(32-17-31-22)33-19-5-7-25(18(2)13-19)39-21-14-23-24(30-15-21)16-36(3)35-23/h4-8,13-17,20H,1,9-12H2,2-3H3,(H,31,32,33). The van der Waals surface area contributed by atoms with E-state index >= 15 is 0 Å². The Kier molecular flexibility index (Phi) is 6.69. The number of hydrogen-bond acceptors (Lipinski definition) is 9. The van der Waals surface area contributed by atoms with Crippen LogP contribution in [0.5, 0.6) is 17.4 Å². The first-order valence-corrected chi connectivity index (χ1v) is 13.0. The first-order chi connectivity index (χ1) is 19.4. The van der Waals surface area contributed by atoms with Gasteiger partial charge >= 0.3 is 0 Å². The summed E-state index contributed by atoms with van der Waals surface area (Å²) in [4.78, 5) is 31.6. The van der Waals surface area contributed by atoms with Crippen LogP contribution in [0.4, 0.5) is 11.5 Å². The van der Waals surface area contributed by atoms with E-state index in [0.29, 0.717) is 47.3 Å². The molecule has 0 aliphatic carbocycles. The van der Waals surface area contributed by atoms with Gasteiger partial charge in [-0.15, -0.1) is 0 Å². The van der Waals surface area contributed by atoms with Gasteiger partial charge < -0.3 is 19.7 Å². The lowest BCUT2D eigenvalue weighted by Crippen LogP contribution is -2.41. The highest BCUT2D eigenvalue weighted by atomic mass is 16.5. The zero-order valence-electron chi connectivity index (χ0n) is 22.2. The number of aryl methyl sites for hydroxylation is 2. The molecular weight excluding hydrogens is 508 g/mol. The molecule has 6 rings (SSSR count). The van der Waals surface area contributed by atoms with Crippen LogP contribution in [0.2, 0.25) is 0 Å². The van der Waals surface area contributed by atoms with Crippen molar-refractivity contribution in [2.75, 3.05) is 18.4 Å². The van der Waals surface area contributed by atoms with Crippen molar-refractivity contribution in [3.05, 3.63) is 73.3 Å². The number of nitrogens with one attached hydrogen (secondary N) is 1. The number of anilines is 2. The molecule has 0 unspecified atom stereocenters. The third-order valence-corrected chi connectivity index (χ3v) is 6.78. The second kappa shape index (κ2) is 10.6. The molecule has 11 nitrogen and oxygen atoms in total. The number of piperidine rings is 1. The average Bonchev–Trinajstić information content (AvgIpc) is 3.34. The van der Waals surface area contributed by atoms with Crippen LogP contribution < -0.4 is 14.8 Å². The lowest BCUT2D eigenvalue weighted by atomic mass is 10.1. The van der Waals surface area contributed by atoms with Gasteiger partial charge in [0, 0.05) is 50.8 Å². The summed E-state index contributed by atoms with van der Waals surface area (Å²) in [6.45, 7) is 6.80. The van der Waals surface area contributed by atoms with E-state index in [1.807, 2.05) is 56.6 Å². The maximum absolute atomic E-state index is 11.9. The fourth-order valence-corrected chi connectivity index (χ4v) is 4.74. The van der Waals surface area contributed by atoms with Gasteiger partial charge in [0.15, 0.2) is 5.82 Å². The van der Waals surface area contributed by atoms with Crippen LogP contribution >= 0.6 is 0 Å². The maximum Gasteiger partial charge on any atom is 0.245 e. The van der Waals surface area contributed by atoms with Crippen molar-refractivity contribution in [2.24, 2.45) is 7.05 Å². The minimum atomic E-state index is -0.0482. The van der Waals surface area contributed by atoms with Gasteiger partial charge in [-0.3, -0.25) is 9.48 Å². The smallest absolute Gasteiger partial charge is 0.245 e. The van der Waals surface area contributed by atoms with Crippen LogP contribution in [-0.4, -0.2) is 59.7 Å². The van der Waals surface area contributed by atoms with E-state index < -0.39 is 0 Å². The summed E-state index contributed by atoms with van der Waals surface area (Å²) in [5, 5.41) is 7.75. The molecule has 40 heavy (non-hydrogen) atoms. The number of pyridine rings is 2. The number of rotatable bonds is 7. The highest BCUT2D eigenvalue weighted by Crippen LogP contribution is 2.31. The summed E-state index contributed by atoms with van der Waals surface area (Å²) in [5.74, 6) is 2.35. The van der Waals surface area contributed by atoms with Crippen LogP contribution in [0.1, 0.15) is 18.4 Å². The molecule has 5 heterocycles. The van der Waals surface area contributed by atoms with E-state index in [0.717, 1.165) is 35.1 Å². The normalized spacial score (nSPS) is 13.9. The minimum Gasteiger partial charge on any atom is -0.474 e. The molecule has 0 bridgehead atoms. The molecule has 1 N–H and O–H groups in total. The zero-order valence-corrected chi connectivity index (χ0v) is 22.2.